The van der Waals surface area contributed by atoms with Gasteiger partial charge in [0, 0.05) is 30.4 Å². The second-order valence-corrected chi connectivity index (χ2v) is 6.51. The first kappa shape index (κ1) is 17.1. The lowest BCUT2D eigenvalue weighted by molar-refractivity contribution is -0.119. The van der Waals surface area contributed by atoms with E-state index in [1.54, 1.807) is 18.2 Å². The Morgan fingerprint density at radius 2 is 2.07 bits per heavy atom. The second kappa shape index (κ2) is 7.11. The molecule has 0 atom stereocenters. The highest BCUT2D eigenvalue weighted by Crippen LogP contribution is 2.27. The first-order chi connectivity index (χ1) is 13.1. The number of nitrogens with zero attached hydrogens (tertiary/aromatic N) is 2. The van der Waals surface area contributed by atoms with Crippen molar-refractivity contribution in [1.29, 1.82) is 0 Å². The van der Waals surface area contributed by atoms with Crippen molar-refractivity contribution in [2.45, 2.75) is 26.2 Å². The minimum absolute atomic E-state index is 0.147. The largest absolute Gasteiger partial charge is 0.461 e. The monoisotopic (exact) mass is 365 g/mol. The van der Waals surface area contributed by atoms with Crippen molar-refractivity contribution in [2.75, 3.05) is 16.8 Å². The lowest BCUT2D eigenvalue weighted by Gasteiger charge is -2.28. The van der Waals surface area contributed by atoms with Crippen LogP contribution in [0.1, 0.15) is 35.3 Å². The predicted octanol–water partition coefficient (Wildman–Crippen LogP) is 4.01. The third-order valence-corrected chi connectivity index (χ3v) is 4.58. The number of carbonyl (C=O) groups is 2. The fraction of sp³-hybridized carbons (Fsp3) is 0.250. The summed E-state index contributed by atoms with van der Waals surface area (Å²) in [6.45, 7) is 2.66. The Kier molecular flexibility index (Phi) is 4.50. The van der Waals surface area contributed by atoms with Gasteiger partial charge < -0.3 is 19.2 Å². The summed E-state index contributed by atoms with van der Waals surface area (Å²) in [4.78, 5) is 26.4. The van der Waals surface area contributed by atoms with Gasteiger partial charge in [0.05, 0.1) is 6.26 Å². The molecule has 3 heterocycles. The van der Waals surface area contributed by atoms with Crippen molar-refractivity contribution < 1.29 is 18.5 Å². The van der Waals surface area contributed by atoms with E-state index in [-0.39, 0.29) is 17.5 Å². The van der Waals surface area contributed by atoms with Crippen LogP contribution in [0.4, 0.5) is 11.4 Å². The fourth-order valence-electron chi connectivity index (χ4n) is 3.21. The van der Waals surface area contributed by atoms with E-state index in [0.717, 1.165) is 30.6 Å². The van der Waals surface area contributed by atoms with E-state index in [1.165, 1.54) is 12.3 Å². The van der Waals surface area contributed by atoms with E-state index in [9.17, 15) is 9.59 Å². The number of amides is 2. The number of carbonyl (C=O) groups excluding carboxylic acids is 2. The van der Waals surface area contributed by atoms with Crippen LogP contribution in [-0.4, -0.2) is 23.5 Å². The molecule has 3 aromatic rings. The summed E-state index contributed by atoms with van der Waals surface area (Å²) < 4.78 is 10.4. The SMILES string of the molecule is Cc1cc(NC(=O)c2cc(-c3ccco3)on2)ccc1N1CCCCC1=O. The molecule has 2 amide bonds. The number of anilines is 2. The minimum Gasteiger partial charge on any atom is -0.461 e. The maximum atomic E-state index is 12.4. The number of piperidine rings is 1. The molecule has 0 radical (unpaired) electrons. The average Bonchev–Trinajstić information content (AvgIpc) is 3.34. The van der Waals surface area contributed by atoms with Crippen LogP contribution in [0.2, 0.25) is 0 Å². The molecule has 1 fully saturated rings. The van der Waals surface area contributed by atoms with Gasteiger partial charge in [-0.05, 0) is 55.7 Å². The lowest BCUT2D eigenvalue weighted by Crippen LogP contribution is -2.35. The Morgan fingerprint density at radius 1 is 1.19 bits per heavy atom. The summed E-state index contributed by atoms with van der Waals surface area (Å²) in [5.41, 5.74) is 2.61. The Bertz CT molecular complexity index is 975. The smallest absolute Gasteiger partial charge is 0.277 e. The van der Waals surface area contributed by atoms with Crippen molar-refractivity contribution in [3.63, 3.8) is 0 Å². The van der Waals surface area contributed by atoms with E-state index >= 15 is 0 Å². The van der Waals surface area contributed by atoms with Gasteiger partial charge in [0.25, 0.3) is 5.91 Å². The highest BCUT2D eigenvalue weighted by molar-refractivity contribution is 6.03. The van der Waals surface area contributed by atoms with Gasteiger partial charge in [-0.15, -0.1) is 0 Å². The van der Waals surface area contributed by atoms with Gasteiger partial charge in [-0.25, -0.2) is 0 Å². The highest BCUT2D eigenvalue weighted by atomic mass is 16.5. The van der Waals surface area contributed by atoms with E-state index in [4.69, 9.17) is 8.94 Å². The Labute approximate surface area is 155 Å². The van der Waals surface area contributed by atoms with E-state index in [1.807, 2.05) is 24.0 Å². The quantitative estimate of drug-likeness (QED) is 0.754. The van der Waals surface area contributed by atoms with Crippen LogP contribution < -0.4 is 10.2 Å². The van der Waals surface area contributed by atoms with Crippen LogP contribution in [-0.2, 0) is 4.79 Å². The van der Waals surface area contributed by atoms with Crippen molar-refractivity contribution >= 4 is 23.2 Å². The summed E-state index contributed by atoms with van der Waals surface area (Å²) in [7, 11) is 0. The molecule has 7 heteroatoms. The average molecular weight is 365 g/mol. The molecule has 0 aliphatic carbocycles. The molecule has 1 saturated heterocycles. The molecule has 0 unspecified atom stereocenters. The zero-order chi connectivity index (χ0) is 18.8. The van der Waals surface area contributed by atoms with E-state index in [2.05, 4.69) is 10.5 Å². The zero-order valence-corrected chi connectivity index (χ0v) is 14.9. The molecule has 27 heavy (non-hydrogen) atoms. The number of aromatic nitrogens is 1. The Balaban J connectivity index is 1.49. The summed E-state index contributed by atoms with van der Waals surface area (Å²) in [6, 6.07) is 10.5. The molecule has 7 nitrogen and oxygen atoms in total. The molecule has 0 spiro atoms. The number of rotatable bonds is 4. The molecule has 2 aromatic heterocycles. The molecular formula is C20H19N3O4. The van der Waals surface area contributed by atoms with Gasteiger partial charge in [0.15, 0.2) is 11.5 Å². The number of hydrogen-bond acceptors (Lipinski definition) is 5. The van der Waals surface area contributed by atoms with Gasteiger partial charge in [-0.1, -0.05) is 5.16 Å². The summed E-state index contributed by atoms with van der Waals surface area (Å²) in [6.07, 6.45) is 4.06. The molecule has 4 rings (SSSR count). The number of benzene rings is 1. The number of nitrogens with one attached hydrogen (secondary N) is 1. The van der Waals surface area contributed by atoms with Crippen molar-refractivity contribution in [3.8, 4) is 11.5 Å². The van der Waals surface area contributed by atoms with Gasteiger partial charge in [-0.2, -0.15) is 0 Å². The standard InChI is InChI=1S/C20H19N3O4/c1-13-11-14(7-8-16(13)23-9-3-2-6-19(23)24)21-20(25)15-12-18(27-22-15)17-5-4-10-26-17/h4-5,7-8,10-12H,2-3,6,9H2,1H3,(H,21,25). The van der Waals surface area contributed by atoms with Crippen LogP contribution in [0.15, 0.2) is 51.6 Å². The molecule has 0 bridgehead atoms. The first-order valence-corrected chi connectivity index (χ1v) is 8.85. The van der Waals surface area contributed by atoms with Crippen LogP contribution >= 0.6 is 0 Å². The third-order valence-electron chi connectivity index (χ3n) is 4.58. The van der Waals surface area contributed by atoms with Crippen molar-refractivity contribution in [2.24, 2.45) is 0 Å². The third kappa shape index (κ3) is 3.48. The molecule has 1 aliphatic heterocycles. The molecule has 1 aliphatic rings. The lowest BCUT2D eigenvalue weighted by atomic mass is 10.1. The second-order valence-electron chi connectivity index (χ2n) is 6.51. The first-order valence-electron chi connectivity index (χ1n) is 8.85. The fourth-order valence-corrected chi connectivity index (χ4v) is 3.21. The number of hydrogen-bond donors (Lipinski definition) is 1. The van der Waals surface area contributed by atoms with Crippen LogP contribution in [0.25, 0.3) is 11.5 Å². The van der Waals surface area contributed by atoms with Crippen LogP contribution in [0, 0.1) is 6.92 Å². The van der Waals surface area contributed by atoms with E-state index in [0.29, 0.717) is 23.6 Å². The molecule has 1 aromatic carbocycles. The van der Waals surface area contributed by atoms with Gasteiger partial charge in [0.1, 0.15) is 0 Å². The Hall–Kier alpha value is -3.35. The molecular weight excluding hydrogens is 346 g/mol. The zero-order valence-electron chi connectivity index (χ0n) is 14.9. The number of furan rings is 1. The van der Waals surface area contributed by atoms with Gasteiger partial charge in [-0.3, -0.25) is 9.59 Å². The van der Waals surface area contributed by atoms with Crippen LogP contribution in [0.3, 0.4) is 0 Å². The maximum absolute atomic E-state index is 12.4. The Morgan fingerprint density at radius 3 is 2.81 bits per heavy atom. The predicted molar refractivity (Wildman–Crippen MR) is 99.5 cm³/mol. The van der Waals surface area contributed by atoms with Crippen molar-refractivity contribution in [3.05, 3.63) is 53.9 Å². The highest BCUT2D eigenvalue weighted by Gasteiger charge is 2.21. The minimum atomic E-state index is -0.377. The number of aryl methyl sites for hydroxylation is 1. The summed E-state index contributed by atoms with van der Waals surface area (Å²) in [5.74, 6) is 0.667. The van der Waals surface area contributed by atoms with Gasteiger partial charge >= 0.3 is 0 Å². The summed E-state index contributed by atoms with van der Waals surface area (Å²) in [5, 5.41) is 6.60. The molecule has 1 N–H and O–H groups in total. The topological polar surface area (TPSA) is 88.6 Å². The normalized spacial score (nSPS) is 14.4. The molecule has 0 saturated carbocycles. The summed E-state index contributed by atoms with van der Waals surface area (Å²) >= 11 is 0. The molecule has 138 valence electrons. The van der Waals surface area contributed by atoms with Crippen molar-refractivity contribution in [1.82, 2.24) is 5.16 Å². The maximum Gasteiger partial charge on any atom is 0.277 e. The van der Waals surface area contributed by atoms with Gasteiger partial charge in [0.2, 0.25) is 11.7 Å². The van der Waals surface area contributed by atoms with Crippen LogP contribution in [0.5, 0.6) is 0 Å². The van der Waals surface area contributed by atoms with E-state index < -0.39 is 0 Å².